The van der Waals surface area contributed by atoms with E-state index >= 15 is 0 Å². The molecule has 0 atom stereocenters. The van der Waals surface area contributed by atoms with E-state index in [1.54, 1.807) is 35.2 Å². The van der Waals surface area contributed by atoms with Crippen molar-refractivity contribution in [3.8, 4) is 17.0 Å². The first-order valence-corrected chi connectivity index (χ1v) is 12.0. The Morgan fingerprint density at radius 3 is 2.57 bits per heavy atom. The number of para-hydroxylation sites is 1. The lowest BCUT2D eigenvalue weighted by molar-refractivity contribution is 0.0630. The normalized spacial score (nSPS) is 14.5. The number of methoxy groups -OCH3 is 1. The first-order valence-electron chi connectivity index (χ1n) is 11.6. The molecule has 1 saturated heterocycles. The van der Waals surface area contributed by atoms with Crippen LogP contribution in [0.2, 0.25) is 5.02 Å². The fourth-order valence-corrected chi connectivity index (χ4v) is 4.68. The molecule has 0 radical (unpaired) electrons. The molecule has 0 spiro atoms. The van der Waals surface area contributed by atoms with Crippen molar-refractivity contribution in [1.29, 1.82) is 0 Å². The van der Waals surface area contributed by atoms with Crippen LogP contribution in [-0.4, -0.2) is 63.6 Å². The van der Waals surface area contributed by atoms with E-state index in [1.807, 2.05) is 0 Å². The molecule has 3 heterocycles. The Balaban J connectivity index is 1.40. The van der Waals surface area contributed by atoms with Crippen molar-refractivity contribution in [3.63, 3.8) is 0 Å². The van der Waals surface area contributed by atoms with Gasteiger partial charge in [0.2, 0.25) is 0 Å². The van der Waals surface area contributed by atoms with Crippen molar-refractivity contribution >= 4 is 23.2 Å². The van der Waals surface area contributed by atoms with Gasteiger partial charge in [-0.15, -0.1) is 0 Å². The first kappa shape index (κ1) is 25.0. The number of halogens is 4. The number of benzene rings is 2. The number of nitrogens with zero attached hydrogens (tertiary/aromatic N) is 5. The highest BCUT2D eigenvalue weighted by Gasteiger charge is 2.27. The highest BCUT2D eigenvalue weighted by molar-refractivity contribution is 6.31. The quantitative estimate of drug-likeness (QED) is 0.348. The number of hydrogen-bond donors (Lipinski definition) is 0. The summed E-state index contributed by atoms with van der Waals surface area (Å²) in [6, 6.07) is 12.5. The van der Waals surface area contributed by atoms with E-state index in [4.69, 9.17) is 16.3 Å². The molecule has 192 valence electrons. The Hall–Kier alpha value is -3.63. The summed E-state index contributed by atoms with van der Waals surface area (Å²) >= 11 is 6.15. The molecule has 7 nitrogen and oxygen atoms in total. The van der Waals surface area contributed by atoms with E-state index in [0.29, 0.717) is 49.1 Å². The van der Waals surface area contributed by atoms with Gasteiger partial charge in [-0.05, 0) is 35.9 Å². The van der Waals surface area contributed by atoms with Crippen LogP contribution in [0.5, 0.6) is 5.75 Å². The Kier molecular flexibility index (Phi) is 7.03. The fourth-order valence-electron chi connectivity index (χ4n) is 4.46. The van der Waals surface area contributed by atoms with Crippen molar-refractivity contribution in [2.24, 2.45) is 0 Å². The van der Waals surface area contributed by atoms with Crippen molar-refractivity contribution in [1.82, 2.24) is 24.4 Å². The van der Waals surface area contributed by atoms with Gasteiger partial charge in [0.1, 0.15) is 22.8 Å². The molecular formula is C26H23ClF3N5O2. The van der Waals surface area contributed by atoms with Crippen LogP contribution in [0.25, 0.3) is 16.9 Å². The Bertz CT molecular complexity index is 1450. The van der Waals surface area contributed by atoms with E-state index < -0.39 is 12.2 Å². The van der Waals surface area contributed by atoms with Crippen LogP contribution in [0, 0.1) is 5.82 Å². The number of rotatable bonds is 6. The molecule has 1 amide bonds. The molecule has 0 aliphatic carbocycles. The highest BCUT2D eigenvalue weighted by Crippen LogP contribution is 2.32. The van der Waals surface area contributed by atoms with Crippen LogP contribution < -0.4 is 4.74 Å². The molecule has 4 aromatic rings. The monoisotopic (exact) mass is 529 g/mol. The van der Waals surface area contributed by atoms with Crippen LogP contribution >= 0.6 is 11.6 Å². The second-order valence-electron chi connectivity index (χ2n) is 8.66. The minimum atomic E-state index is -2.83. The SMILES string of the molecule is COc1ccccc1-c1cc(C(F)F)n2ncc(C(=O)N3CCN(Cc4ccc(F)cc4Cl)CC3)c2n1. The maximum atomic E-state index is 14.0. The molecule has 2 aromatic carbocycles. The summed E-state index contributed by atoms with van der Waals surface area (Å²) in [5.41, 5.74) is 1.43. The number of piperazine rings is 1. The zero-order valence-electron chi connectivity index (χ0n) is 19.9. The van der Waals surface area contributed by atoms with Gasteiger partial charge in [0.25, 0.3) is 12.3 Å². The topological polar surface area (TPSA) is 63.0 Å². The summed E-state index contributed by atoms with van der Waals surface area (Å²) in [5.74, 6) is -0.251. The number of ether oxygens (including phenoxy) is 1. The summed E-state index contributed by atoms with van der Waals surface area (Å²) in [7, 11) is 1.49. The van der Waals surface area contributed by atoms with Gasteiger partial charge < -0.3 is 9.64 Å². The van der Waals surface area contributed by atoms with E-state index in [1.165, 1.54) is 31.5 Å². The zero-order valence-corrected chi connectivity index (χ0v) is 20.6. The Morgan fingerprint density at radius 2 is 1.86 bits per heavy atom. The van der Waals surface area contributed by atoms with Crippen LogP contribution in [-0.2, 0) is 6.54 Å². The minimum Gasteiger partial charge on any atom is -0.496 e. The lowest BCUT2D eigenvalue weighted by Gasteiger charge is -2.34. The molecule has 2 aromatic heterocycles. The first-order chi connectivity index (χ1) is 17.9. The predicted molar refractivity (Wildman–Crippen MR) is 133 cm³/mol. The third-order valence-corrected chi connectivity index (χ3v) is 6.76. The standard InChI is InChI=1S/C26H23ClF3N5O2/c1-37-23-5-3-2-4-18(23)21-13-22(24(29)30)35-25(32-21)19(14-31-35)26(36)34-10-8-33(9-11-34)15-16-6-7-17(28)12-20(16)27/h2-7,12-14,24H,8-11,15H2,1H3. The molecule has 1 aliphatic rings. The lowest BCUT2D eigenvalue weighted by Crippen LogP contribution is -2.48. The third-order valence-electron chi connectivity index (χ3n) is 6.40. The van der Waals surface area contributed by atoms with E-state index in [2.05, 4.69) is 15.0 Å². The summed E-state index contributed by atoms with van der Waals surface area (Å²) in [4.78, 5) is 21.7. The number of aromatic nitrogens is 3. The van der Waals surface area contributed by atoms with E-state index in [9.17, 15) is 18.0 Å². The Morgan fingerprint density at radius 1 is 1.11 bits per heavy atom. The number of amides is 1. The van der Waals surface area contributed by atoms with Gasteiger partial charge in [0.05, 0.1) is 19.0 Å². The number of carbonyl (C=O) groups excluding carboxylic acids is 1. The summed E-state index contributed by atoms with van der Waals surface area (Å²) in [5, 5.41) is 4.42. The van der Waals surface area contributed by atoms with Gasteiger partial charge in [-0.1, -0.05) is 29.8 Å². The lowest BCUT2D eigenvalue weighted by atomic mass is 10.1. The van der Waals surface area contributed by atoms with Gasteiger partial charge in [0, 0.05) is 43.3 Å². The molecule has 0 saturated carbocycles. The van der Waals surface area contributed by atoms with Gasteiger partial charge in [-0.25, -0.2) is 22.7 Å². The summed E-state index contributed by atoms with van der Waals surface area (Å²) in [6.45, 7) is 2.51. The number of fused-ring (bicyclic) bond motifs is 1. The van der Waals surface area contributed by atoms with Crippen LogP contribution in [0.4, 0.5) is 13.2 Å². The maximum Gasteiger partial charge on any atom is 0.280 e. The van der Waals surface area contributed by atoms with Gasteiger partial charge in [-0.3, -0.25) is 9.69 Å². The fraction of sp³-hybridized carbons (Fsp3) is 0.269. The molecule has 1 fully saturated rings. The maximum absolute atomic E-state index is 14.0. The summed E-state index contributed by atoms with van der Waals surface area (Å²) in [6.07, 6.45) is -1.55. The van der Waals surface area contributed by atoms with Gasteiger partial charge in [-0.2, -0.15) is 5.10 Å². The zero-order chi connectivity index (χ0) is 26.1. The largest absolute Gasteiger partial charge is 0.496 e. The van der Waals surface area contributed by atoms with Crippen molar-refractivity contribution < 1.29 is 22.7 Å². The van der Waals surface area contributed by atoms with Crippen LogP contribution in [0.15, 0.2) is 54.7 Å². The second-order valence-corrected chi connectivity index (χ2v) is 9.07. The molecule has 0 bridgehead atoms. The Labute approximate surface area is 216 Å². The average Bonchev–Trinajstić information content (AvgIpc) is 3.33. The van der Waals surface area contributed by atoms with Gasteiger partial charge >= 0.3 is 0 Å². The van der Waals surface area contributed by atoms with Crippen molar-refractivity contribution in [3.05, 3.63) is 82.4 Å². The van der Waals surface area contributed by atoms with E-state index in [-0.39, 0.29) is 28.5 Å². The van der Waals surface area contributed by atoms with Crippen molar-refractivity contribution in [2.45, 2.75) is 13.0 Å². The molecule has 0 N–H and O–H groups in total. The van der Waals surface area contributed by atoms with Crippen LogP contribution in [0.1, 0.15) is 28.0 Å². The molecule has 1 aliphatic heterocycles. The molecule has 0 unspecified atom stereocenters. The molecule has 11 heteroatoms. The highest BCUT2D eigenvalue weighted by atomic mass is 35.5. The number of hydrogen-bond acceptors (Lipinski definition) is 5. The molecular weight excluding hydrogens is 507 g/mol. The van der Waals surface area contributed by atoms with Crippen molar-refractivity contribution in [2.75, 3.05) is 33.3 Å². The number of alkyl halides is 2. The number of carbonyl (C=O) groups is 1. The van der Waals surface area contributed by atoms with Crippen LogP contribution in [0.3, 0.4) is 0 Å². The smallest absolute Gasteiger partial charge is 0.280 e. The second kappa shape index (κ2) is 10.4. The molecule has 5 rings (SSSR count). The van der Waals surface area contributed by atoms with E-state index in [0.717, 1.165) is 10.1 Å². The average molecular weight is 530 g/mol. The predicted octanol–water partition coefficient (Wildman–Crippen LogP) is 5.09. The minimum absolute atomic E-state index is 0.0595. The summed E-state index contributed by atoms with van der Waals surface area (Å²) < 4.78 is 47.7. The molecule has 37 heavy (non-hydrogen) atoms. The van der Waals surface area contributed by atoms with Gasteiger partial charge in [0.15, 0.2) is 5.65 Å². The third kappa shape index (κ3) is 4.99.